The standard InChI is InChI=1S/C30H35ClFN3O3/c1-38-18-17-34(30(37)23-10-7-11-25(32)19-23)22-29(36)35(26-12-3-2-4-13-26)21-27-14-8-16-33(27)20-24-9-5-6-15-28(24)31/h5-11,14-16,19,26H,2-4,12-13,17-18,20-22H2,1H3. The van der Waals surface area contributed by atoms with E-state index in [2.05, 4.69) is 4.57 Å². The van der Waals surface area contributed by atoms with E-state index in [9.17, 15) is 14.0 Å². The molecule has 1 aromatic heterocycles. The van der Waals surface area contributed by atoms with Crippen LogP contribution in [-0.4, -0.2) is 59.0 Å². The molecule has 0 radical (unpaired) electrons. The number of hydrogen-bond donors (Lipinski definition) is 0. The van der Waals surface area contributed by atoms with E-state index in [4.69, 9.17) is 16.3 Å². The summed E-state index contributed by atoms with van der Waals surface area (Å²) in [5, 5.41) is 0.706. The Balaban J connectivity index is 1.55. The summed E-state index contributed by atoms with van der Waals surface area (Å²) in [4.78, 5) is 30.5. The lowest BCUT2D eigenvalue weighted by atomic mass is 9.94. The summed E-state index contributed by atoms with van der Waals surface area (Å²) in [7, 11) is 1.55. The Bertz CT molecular complexity index is 1220. The van der Waals surface area contributed by atoms with E-state index in [0.29, 0.717) is 18.1 Å². The minimum absolute atomic E-state index is 0.0968. The fourth-order valence-electron chi connectivity index (χ4n) is 5.06. The summed E-state index contributed by atoms with van der Waals surface area (Å²) >= 11 is 6.41. The molecular weight excluding hydrogens is 505 g/mol. The van der Waals surface area contributed by atoms with Crippen LogP contribution in [0.4, 0.5) is 4.39 Å². The number of methoxy groups -OCH3 is 1. The van der Waals surface area contributed by atoms with Gasteiger partial charge in [-0.3, -0.25) is 9.59 Å². The largest absolute Gasteiger partial charge is 0.383 e. The molecule has 0 bridgehead atoms. The molecule has 0 saturated heterocycles. The number of ether oxygens (including phenoxy) is 1. The molecule has 4 rings (SSSR count). The lowest BCUT2D eigenvalue weighted by Crippen LogP contribution is -2.48. The molecular formula is C30H35ClFN3O3. The van der Waals surface area contributed by atoms with Gasteiger partial charge in [0.15, 0.2) is 0 Å². The van der Waals surface area contributed by atoms with E-state index in [1.54, 1.807) is 13.2 Å². The second-order valence-electron chi connectivity index (χ2n) is 9.76. The Morgan fingerprint density at radius 2 is 1.84 bits per heavy atom. The van der Waals surface area contributed by atoms with E-state index < -0.39 is 5.82 Å². The van der Waals surface area contributed by atoms with Crippen LogP contribution in [-0.2, 0) is 22.6 Å². The molecule has 0 unspecified atom stereocenters. The quantitative estimate of drug-likeness (QED) is 0.310. The number of amides is 2. The molecule has 1 saturated carbocycles. The number of aromatic nitrogens is 1. The normalized spacial score (nSPS) is 13.9. The molecule has 2 amide bonds. The monoisotopic (exact) mass is 539 g/mol. The number of carbonyl (C=O) groups excluding carboxylic acids is 2. The first kappa shape index (κ1) is 27.9. The van der Waals surface area contributed by atoms with Crippen molar-refractivity contribution < 1.29 is 18.7 Å². The Morgan fingerprint density at radius 3 is 2.58 bits per heavy atom. The highest BCUT2D eigenvalue weighted by atomic mass is 35.5. The van der Waals surface area contributed by atoms with Gasteiger partial charge in [0, 0.05) is 48.7 Å². The van der Waals surface area contributed by atoms with Crippen LogP contribution in [0.15, 0.2) is 66.9 Å². The number of carbonyl (C=O) groups is 2. The predicted octanol–water partition coefficient (Wildman–Crippen LogP) is 5.78. The van der Waals surface area contributed by atoms with Crippen molar-refractivity contribution >= 4 is 23.4 Å². The minimum atomic E-state index is -0.489. The van der Waals surface area contributed by atoms with Crippen LogP contribution in [0.1, 0.15) is 53.7 Å². The van der Waals surface area contributed by atoms with Gasteiger partial charge < -0.3 is 19.1 Å². The average Bonchev–Trinajstić information content (AvgIpc) is 3.37. The first-order chi connectivity index (χ1) is 18.5. The maximum Gasteiger partial charge on any atom is 0.254 e. The summed E-state index contributed by atoms with van der Waals surface area (Å²) in [5.41, 5.74) is 2.23. The Kier molecular flexibility index (Phi) is 9.96. The van der Waals surface area contributed by atoms with Crippen LogP contribution in [0.2, 0.25) is 5.02 Å². The van der Waals surface area contributed by atoms with Crippen LogP contribution in [0, 0.1) is 5.82 Å². The molecule has 1 heterocycles. The molecule has 38 heavy (non-hydrogen) atoms. The van der Waals surface area contributed by atoms with Crippen molar-refractivity contribution in [2.24, 2.45) is 0 Å². The van der Waals surface area contributed by atoms with Crippen molar-refractivity contribution in [3.05, 3.63) is 94.5 Å². The molecule has 0 aliphatic heterocycles. The van der Waals surface area contributed by atoms with E-state index in [0.717, 1.165) is 36.9 Å². The van der Waals surface area contributed by atoms with Crippen molar-refractivity contribution in [1.29, 1.82) is 0 Å². The van der Waals surface area contributed by atoms with E-state index in [1.165, 1.54) is 29.5 Å². The van der Waals surface area contributed by atoms with Crippen LogP contribution in [0.5, 0.6) is 0 Å². The number of halogens is 2. The van der Waals surface area contributed by atoms with Gasteiger partial charge in [0.25, 0.3) is 5.91 Å². The smallest absolute Gasteiger partial charge is 0.254 e. The first-order valence-corrected chi connectivity index (χ1v) is 13.5. The number of benzene rings is 2. The van der Waals surface area contributed by atoms with Gasteiger partial charge in [0.2, 0.25) is 5.91 Å². The lowest BCUT2D eigenvalue weighted by Gasteiger charge is -2.36. The molecule has 6 nitrogen and oxygen atoms in total. The van der Waals surface area contributed by atoms with E-state index in [-0.39, 0.29) is 43.1 Å². The third-order valence-electron chi connectivity index (χ3n) is 7.14. The third-order valence-corrected chi connectivity index (χ3v) is 7.51. The van der Waals surface area contributed by atoms with Gasteiger partial charge in [-0.25, -0.2) is 4.39 Å². The summed E-state index contributed by atoms with van der Waals surface area (Å²) in [6.07, 6.45) is 7.19. The van der Waals surface area contributed by atoms with Crippen LogP contribution in [0.25, 0.3) is 0 Å². The maximum absolute atomic E-state index is 13.9. The molecule has 0 spiro atoms. The molecule has 2 aromatic carbocycles. The van der Waals surface area contributed by atoms with E-state index in [1.807, 2.05) is 47.5 Å². The highest BCUT2D eigenvalue weighted by Gasteiger charge is 2.29. The molecule has 0 N–H and O–H groups in total. The zero-order valence-corrected chi connectivity index (χ0v) is 22.6. The summed E-state index contributed by atoms with van der Waals surface area (Å²) in [5.74, 6) is -0.999. The third kappa shape index (κ3) is 7.23. The van der Waals surface area contributed by atoms with Crippen LogP contribution in [0.3, 0.4) is 0 Å². The summed E-state index contributed by atoms with van der Waals surface area (Å²) in [6, 6.07) is 17.4. The number of hydrogen-bond acceptors (Lipinski definition) is 3. The maximum atomic E-state index is 13.9. The molecule has 202 valence electrons. The summed E-state index contributed by atoms with van der Waals surface area (Å²) in [6.45, 7) is 1.46. The van der Waals surface area contributed by atoms with Crippen molar-refractivity contribution in [3.63, 3.8) is 0 Å². The fourth-order valence-corrected chi connectivity index (χ4v) is 5.25. The molecule has 1 fully saturated rings. The van der Waals surface area contributed by atoms with Crippen molar-refractivity contribution in [3.8, 4) is 0 Å². The zero-order valence-electron chi connectivity index (χ0n) is 21.8. The highest BCUT2D eigenvalue weighted by Crippen LogP contribution is 2.26. The van der Waals surface area contributed by atoms with Gasteiger partial charge in [-0.15, -0.1) is 0 Å². The van der Waals surface area contributed by atoms with Crippen molar-refractivity contribution in [2.45, 2.75) is 51.2 Å². The second kappa shape index (κ2) is 13.6. The lowest BCUT2D eigenvalue weighted by molar-refractivity contribution is -0.135. The van der Waals surface area contributed by atoms with Crippen LogP contribution >= 0.6 is 11.6 Å². The van der Waals surface area contributed by atoms with Gasteiger partial charge in [-0.1, -0.05) is 55.1 Å². The molecule has 1 aliphatic carbocycles. The SMILES string of the molecule is COCCN(CC(=O)N(Cc1cccn1Cc1ccccc1Cl)C1CCCCC1)C(=O)c1cccc(F)c1. The van der Waals surface area contributed by atoms with Gasteiger partial charge in [0.05, 0.1) is 13.2 Å². The predicted molar refractivity (Wildman–Crippen MR) is 147 cm³/mol. The van der Waals surface area contributed by atoms with Gasteiger partial charge in [-0.05, 0) is 54.8 Å². The molecule has 8 heteroatoms. The van der Waals surface area contributed by atoms with Gasteiger partial charge in [0.1, 0.15) is 12.4 Å². The van der Waals surface area contributed by atoms with E-state index >= 15 is 0 Å². The Morgan fingerprint density at radius 1 is 1.05 bits per heavy atom. The van der Waals surface area contributed by atoms with Gasteiger partial charge >= 0.3 is 0 Å². The zero-order chi connectivity index (χ0) is 26.9. The second-order valence-corrected chi connectivity index (χ2v) is 10.2. The number of rotatable bonds is 11. The first-order valence-electron chi connectivity index (χ1n) is 13.2. The van der Waals surface area contributed by atoms with Crippen molar-refractivity contribution in [2.75, 3.05) is 26.8 Å². The Hall–Kier alpha value is -3.16. The number of nitrogens with zero attached hydrogens (tertiary/aromatic N) is 3. The molecule has 1 aliphatic rings. The topological polar surface area (TPSA) is 54.8 Å². The fraction of sp³-hybridized carbons (Fsp3) is 0.400. The average molecular weight is 540 g/mol. The molecule has 3 aromatic rings. The van der Waals surface area contributed by atoms with Gasteiger partial charge in [-0.2, -0.15) is 0 Å². The van der Waals surface area contributed by atoms with Crippen LogP contribution < -0.4 is 0 Å². The minimum Gasteiger partial charge on any atom is -0.383 e. The highest BCUT2D eigenvalue weighted by molar-refractivity contribution is 6.31. The summed E-state index contributed by atoms with van der Waals surface area (Å²) < 4.78 is 21.1. The molecule has 0 atom stereocenters. The van der Waals surface area contributed by atoms with Crippen molar-refractivity contribution in [1.82, 2.24) is 14.4 Å². The Labute approximate surface area is 228 Å².